The fourth-order valence-corrected chi connectivity index (χ4v) is 4.18. The second kappa shape index (κ2) is 4.65. The topological polar surface area (TPSA) is 0 Å². The van der Waals surface area contributed by atoms with Crippen molar-refractivity contribution < 1.29 is 0 Å². The van der Waals surface area contributed by atoms with E-state index < -0.39 is 0 Å². The van der Waals surface area contributed by atoms with E-state index in [1.165, 1.54) is 12.6 Å². The van der Waals surface area contributed by atoms with Crippen molar-refractivity contribution in [2.45, 2.75) is 41.0 Å². The average Bonchev–Trinajstić information content (AvgIpc) is 2.47. The van der Waals surface area contributed by atoms with E-state index in [1.54, 1.807) is 11.1 Å². The Kier molecular flexibility index (Phi) is 4.06. The van der Waals surface area contributed by atoms with E-state index >= 15 is 0 Å². The molecular weight excluding hydrogens is 211 g/mol. The molecule has 0 aromatic carbocycles. The third kappa shape index (κ3) is 3.45. The van der Waals surface area contributed by atoms with Gasteiger partial charge in [0.1, 0.15) is 0 Å². The Labute approximate surface area is 103 Å². The summed E-state index contributed by atoms with van der Waals surface area (Å²) >= 11 is 0. The standard InChI is InChI=1S/C15H27P/c1-14(2,3)12-8-9-13(10-12)15(4,5)11-16(6)7/h8-9H,10-11H2,1-7H3. The van der Waals surface area contributed by atoms with Crippen molar-refractivity contribution in [3.05, 3.63) is 23.3 Å². The highest BCUT2D eigenvalue weighted by Gasteiger charge is 2.29. The van der Waals surface area contributed by atoms with Gasteiger partial charge in [-0.25, -0.2) is 0 Å². The molecular formula is C15H27P. The summed E-state index contributed by atoms with van der Waals surface area (Å²) < 4.78 is 0. The average molecular weight is 238 g/mol. The Bertz CT molecular complexity index is 311. The summed E-state index contributed by atoms with van der Waals surface area (Å²) in [5, 5.41) is 0. The maximum Gasteiger partial charge on any atom is -0.00915 e. The molecule has 0 radical (unpaired) electrons. The van der Waals surface area contributed by atoms with Gasteiger partial charge in [0.2, 0.25) is 0 Å². The van der Waals surface area contributed by atoms with Crippen LogP contribution in [0.5, 0.6) is 0 Å². The van der Waals surface area contributed by atoms with Gasteiger partial charge in [-0.3, -0.25) is 0 Å². The van der Waals surface area contributed by atoms with Gasteiger partial charge in [0.25, 0.3) is 0 Å². The Morgan fingerprint density at radius 2 is 1.50 bits per heavy atom. The van der Waals surface area contributed by atoms with Crippen LogP contribution in [-0.2, 0) is 0 Å². The van der Waals surface area contributed by atoms with E-state index in [9.17, 15) is 0 Å². The number of hydrogen-bond acceptors (Lipinski definition) is 0. The summed E-state index contributed by atoms with van der Waals surface area (Å²) in [4.78, 5) is 0. The molecule has 92 valence electrons. The molecule has 0 atom stereocenters. The summed E-state index contributed by atoms with van der Waals surface area (Å²) in [6.45, 7) is 16.5. The van der Waals surface area contributed by atoms with Crippen LogP contribution < -0.4 is 0 Å². The van der Waals surface area contributed by atoms with Crippen LogP contribution in [0.4, 0.5) is 0 Å². The molecule has 0 aromatic heterocycles. The van der Waals surface area contributed by atoms with Crippen LogP contribution in [0.2, 0.25) is 0 Å². The molecule has 0 unspecified atom stereocenters. The van der Waals surface area contributed by atoms with Gasteiger partial charge in [0.15, 0.2) is 0 Å². The zero-order chi connectivity index (χ0) is 12.6. The number of hydrogen-bond donors (Lipinski definition) is 0. The van der Waals surface area contributed by atoms with Gasteiger partial charge in [-0.2, -0.15) is 0 Å². The van der Waals surface area contributed by atoms with Crippen LogP contribution in [0.15, 0.2) is 23.3 Å². The molecule has 0 nitrogen and oxygen atoms in total. The van der Waals surface area contributed by atoms with Crippen LogP contribution >= 0.6 is 7.92 Å². The van der Waals surface area contributed by atoms with Crippen molar-refractivity contribution in [3.8, 4) is 0 Å². The van der Waals surface area contributed by atoms with Crippen molar-refractivity contribution in [1.82, 2.24) is 0 Å². The van der Waals surface area contributed by atoms with Gasteiger partial charge >= 0.3 is 0 Å². The van der Waals surface area contributed by atoms with E-state index in [2.05, 4.69) is 60.1 Å². The quantitative estimate of drug-likeness (QED) is 0.603. The van der Waals surface area contributed by atoms with Gasteiger partial charge in [0, 0.05) is 0 Å². The summed E-state index contributed by atoms with van der Waals surface area (Å²) in [6.07, 6.45) is 7.27. The van der Waals surface area contributed by atoms with Gasteiger partial charge in [-0.1, -0.05) is 57.9 Å². The lowest BCUT2D eigenvalue weighted by Crippen LogP contribution is -2.19. The molecule has 0 spiro atoms. The van der Waals surface area contributed by atoms with Crippen LogP contribution in [-0.4, -0.2) is 19.5 Å². The summed E-state index contributed by atoms with van der Waals surface area (Å²) in [7, 11) is 0.189. The van der Waals surface area contributed by atoms with Crippen LogP contribution in [0.3, 0.4) is 0 Å². The molecule has 0 fully saturated rings. The zero-order valence-corrected chi connectivity index (χ0v) is 12.9. The van der Waals surface area contributed by atoms with E-state index in [1.807, 2.05) is 0 Å². The summed E-state index contributed by atoms with van der Waals surface area (Å²) in [5.74, 6) is 0. The normalized spacial score (nSPS) is 17.8. The molecule has 16 heavy (non-hydrogen) atoms. The smallest absolute Gasteiger partial charge is 0.00915 e. The minimum absolute atomic E-state index is 0.189. The number of allylic oxidation sites excluding steroid dienone is 4. The molecule has 0 saturated carbocycles. The van der Waals surface area contributed by atoms with Crippen molar-refractivity contribution in [3.63, 3.8) is 0 Å². The fraction of sp³-hybridized carbons (Fsp3) is 0.733. The minimum atomic E-state index is 0.189. The van der Waals surface area contributed by atoms with Gasteiger partial charge in [0.05, 0.1) is 0 Å². The molecule has 1 aliphatic rings. The monoisotopic (exact) mass is 238 g/mol. The Morgan fingerprint density at radius 1 is 1.00 bits per heavy atom. The molecule has 0 bridgehead atoms. The summed E-state index contributed by atoms with van der Waals surface area (Å²) in [6, 6.07) is 0. The van der Waals surface area contributed by atoms with E-state index in [0.29, 0.717) is 10.8 Å². The van der Waals surface area contributed by atoms with Crippen molar-refractivity contribution in [2.75, 3.05) is 19.5 Å². The van der Waals surface area contributed by atoms with Crippen molar-refractivity contribution in [1.29, 1.82) is 0 Å². The minimum Gasteiger partial charge on any atom is -0.112 e. The SMILES string of the molecule is CP(C)CC(C)(C)C1=CC=C(C(C)(C)C)C1. The zero-order valence-electron chi connectivity index (χ0n) is 12.0. The van der Waals surface area contributed by atoms with E-state index in [-0.39, 0.29) is 7.92 Å². The Balaban J connectivity index is 2.69. The predicted molar refractivity (Wildman–Crippen MR) is 77.7 cm³/mol. The van der Waals surface area contributed by atoms with E-state index in [0.717, 1.165) is 0 Å². The molecule has 1 rings (SSSR count). The lowest BCUT2D eigenvalue weighted by atomic mass is 9.79. The Morgan fingerprint density at radius 3 is 1.88 bits per heavy atom. The first kappa shape index (κ1) is 14.0. The molecule has 0 heterocycles. The van der Waals surface area contributed by atoms with Gasteiger partial charge in [-0.05, 0) is 36.7 Å². The third-order valence-corrected chi connectivity index (χ3v) is 4.83. The molecule has 0 N–H and O–H groups in total. The lowest BCUT2D eigenvalue weighted by Gasteiger charge is -2.30. The first-order chi connectivity index (χ1) is 7.13. The molecule has 1 aliphatic carbocycles. The van der Waals surface area contributed by atoms with E-state index in [4.69, 9.17) is 0 Å². The first-order valence-electron chi connectivity index (χ1n) is 6.18. The van der Waals surface area contributed by atoms with Crippen LogP contribution in [0.1, 0.15) is 41.0 Å². The molecule has 0 saturated heterocycles. The maximum atomic E-state index is 2.40. The van der Waals surface area contributed by atoms with Gasteiger partial charge < -0.3 is 0 Å². The number of rotatable bonds is 3. The van der Waals surface area contributed by atoms with Crippen molar-refractivity contribution >= 4 is 7.92 Å². The highest BCUT2D eigenvalue weighted by Crippen LogP contribution is 2.45. The second-order valence-corrected chi connectivity index (χ2v) is 9.41. The predicted octanol–water partition coefficient (Wildman–Crippen LogP) is 5.06. The van der Waals surface area contributed by atoms with Gasteiger partial charge in [-0.15, -0.1) is 7.92 Å². The third-order valence-electron chi connectivity index (χ3n) is 3.41. The van der Waals surface area contributed by atoms with Crippen LogP contribution in [0, 0.1) is 10.8 Å². The highest BCUT2D eigenvalue weighted by atomic mass is 31.1. The molecule has 0 aromatic rings. The van der Waals surface area contributed by atoms with Crippen molar-refractivity contribution in [2.24, 2.45) is 10.8 Å². The summed E-state index contributed by atoms with van der Waals surface area (Å²) in [5.41, 5.74) is 3.94. The highest BCUT2D eigenvalue weighted by molar-refractivity contribution is 7.56. The first-order valence-corrected chi connectivity index (χ1v) is 8.60. The Hall–Kier alpha value is -0.0900. The second-order valence-electron chi connectivity index (χ2n) is 6.93. The lowest BCUT2D eigenvalue weighted by molar-refractivity contribution is 0.461. The molecule has 1 heteroatoms. The molecule has 0 amide bonds. The molecule has 0 aliphatic heterocycles. The van der Waals surface area contributed by atoms with Crippen LogP contribution in [0.25, 0.3) is 0 Å². The largest absolute Gasteiger partial charge is 0.112 e. The maximum absolute atomic E-state index is 2.40. The fourth-order valence-electron chi connectivity index (χ4n) is 2.40.